The number of para-hydroxylation sites is 1. The van der Waals surface area contributed by atoms with E-state index in [4.69, 9.17) is 24.3 Å². The van der Waals surface area contributed by atoms with Gasteiger partial charge in [-0.1, -0.05) is 39.0 Å². The van der Waals surface area contributed by atoms with Crippen molar-refractivity contribution < 1.29 is 33.0 Å². The van der Waals surface area contributed by atoms with Crippen molar-refractivity contribution in [3.05, 3.63) is 53.1 Å². The second-order valence-electron chi connectivity index (χ2n) is 9.61. The number of rotatable bonds is 11. The van der Waals surface area contributed by atoms with Crippen LogP contribution in [0, 0.1) is 5.41 Å². The molecule has 0 radical (unpaired) electrons. The number of benzene rings is 1. The van der Waals surface area contributed by atoms with E-state index in [1.807, 2.05) is 0 Å². The van der Waals surface area contributed by atoms with Crippen LogP contribution in [0.3, 0.4) is 0 Å². The molecule has 5 atom stereocenters. The Kier molecular flexibility index (Phi) is 9.14. The maximum Gasteiger partial charge on any atom is 0.459 e. The zero-order valence-corrected chi connectivity index (χ0v) is 22.5. The summed E-state index contributed by atoms with van der Waals surface area (Å²) in [7, 11) is -4.18. The lowest BCUT2D eigenvalue weighted by atomic mass is 9.84. The Hall–Kier alpha value is -2.76. The Morgan fingerprint density at radius 1 is 1.30 bits per heavy atom. The summed E-state index contributed by atoms with van der Waals surface area (Å²) in [6, 6.07) is 8.80. The lowest BCUT2D eigenvalue weighted by Crippen LogP contribution is -2.40. The molecule has 2 aromatic rings. The van der Waals surface area contributed by atoms with Gasteiger partial charge >= 0.3 is 19.4 Å². The largest absolute Gasteiger partial charge is 0.462 e. The van der Waals surface area contributed by atoms with E-state index in [0.29, 0.717) is 0 Å². The summed E-state index contributed by atoms with van der Waals surface area (Å²) in [6.07, 6.45) is -1.68. The molecule has 0 bridgehead atoms. The van der Waals surface area contributed by atoms with Crippen LogP contribution in [0.15, 0.2) is 47.4 Å². The first-order valence-corrected chi connectivity index (χ1v) is 13.6. The molecule has 1 aromatic heterocycles. The summed E-state index contributed by atoms with van der Waals surface area (Å²) in [5.74, 6) is -0.299. The molecule has 1 saturated heterocycles. The van der Waals surface area contributed by atoms with Gasteiger partial charge in [0.25, 0.3) is 0 Å². The Morgan fingerprint density at radius 2 is 1.97 bits per heavy atom. The number of nitrogen functional groups attached to an aromatic ring is 1. The number of nitrogens with one attached hydrogen (secondary N) is 1. The van der Waals surface area contributed by atoms with Crippen molar-refractivity contribution >= 4 is 19.5 Å². The van der Waals surface area contributed by atoms with Gasteiger partial charge in [-0.25, -0.2) is 9.36 Å². The molecule has 5 unspecified atom stereocenters. The molecular formula is C24H35N4O8P. The van der Waals surface area contributed by atoms with E-state index < -0.39 is 49.3 Å². The number of nitrogens with zero attached hydrogens (tertiary/aromatic N) is 2. The van der Waals surface area contributed by atoms with E-state index in [2.05, 4.69) is 10.1 Å². The predicted octanol–water partition coefficient (Wildman–Crippen LogP) is 2.63. The Bertz CT molecular complexity index is 1170. The average molecular weight is 539 g/mol. The zero-order chi connectivity index (χ0) is 27.4. The molecule has 2 heterocycles. The molecule has 1 aliphatic heterocycles. The van der Waals surface area contributed by atoms with Crippen LogP contribution in [0.1, 0.15) is 47.3 Å². The first-order chi connectivity index (χ1) is 17.4. The highest BCUT2D eigenvalue weighted by molar-refractivity contribution is 7.52. The smallest absolute Gasteiger partial charge is 0.459 e. The van der Waals surface area contributed by atoms with Crippen molar-refractivity contribution in [3.8, 4) is 5.75 Å². The minimum Gasteiger partial charge on any atom is -0.462 e. The number of aliphatic hydroxyl groups excluding tert-OH is 1. The molecule has 1 fully saturated rings. The van der Waals surface area contributed by atoms with Crippen LogP contribution in [0.25, 0.3) is 0 Å². The summed E-state index contributed by atoms with van der Waals surface area (Å²) in [6.45, 7) is 8.21. The average Bonchev–Trinajstić information content (AvgIpc) is 3.05. The van der Waals surface area contributed by atoms with Crippen molar-refractivity contribution in [2.75, 3.05) is 12.3 Å². The number of carbonyl (C=O) groups is 1. The third-order valence-corrected chi connectivity index (χ3v) is 7.46. The van der Waals surface area contributed by atoms with Gasteiger partial charge in [-0.15, -0.1) is 0 Å². The number of nitrogens with two attached hydrogens (primary N) is 1. The van der Waals surface area contributed by atoms with Gasteiger partial charge in [-0.3, -0.25) is 13.9 Å². The van der Waals surface area contributed by atoms with Crippen LogP contribution in [0.5, 0.6) is 5.75 Å². The van der Waals surface area contributed by atoms with Crippen molar-refractivity contribution in [1.29, 1.82) is 0 Å². The first kappa shape index (κ1) is 28.8. The fourth-order valence-electron chi connectivity index (χ4n) is 3.90. The summed E-state index contributed by atoms with van der Waals surface area (Å²) in [5.41, 5.74) is 4.00. The standard InChI is InChI=1S/C24H35N4O8P/c1-6-17(21(30)34-15(2)3)27-37(32,36-16-10-8-7-9-11-16)33-14-18-20(29)24(4,5)22(35-18)28-13-12-19(25)26-23(28)31/h7-13,15,17-18,20,22,29H,6,14H2,1-5H3,(H,27,32)(H2,25,26,31). The number of carbonyl (C=O) groups excluding carboxylic acids is 1. The van der Waals surface area contributed by atoms with Crippen LogP contribution in [0.4, 0.5) is 5.82 Å². The maximum absolute atomic E-state index is 13.8. The number of esters is 1. The Balaban J connectivity index is 1.82. The summed E-state index contributed by atoms with van der Waals surface area (Å²) in [5, 5.41) is 13.7. The van der Waals surface area contributed by atoms with E-state index in [1.54, 1.807) is 65.0 Å². The second kappa shape index (κ2) is 11.7. The van der Waals surface area contributed by atoms with E-state index in [-0.39, 0.29) is 30.7 Å². The van der Waals surface area contributed by atoms with Gasteiger partial charge in [0.15, 0.2) is 0 Å². The highest BCUT2D eigenvalue weighted by atomic mass is 31.2. The fraction of sp³-hybridized carbons (Fsp3) is 0.542. The number of ether oxygens (including phenoxy) is 2. The van der Waals surface area contributed by atoms with Gasteiger partial charge in [0, 0.05) is 11.6 Å². The van der Waals surface area contributed by atoms with E-state index in [9.17, 15) is 19.3 Å². The fourth-order valence-corrected chi connectivity index (χ4v) is 5.49. The van der Waals surface area contributed by atoms with Crippen LogP contribution in [0.2, 0.25) is 0 Å². The van der Waals surface area contributed by atoms with Crippen LogP contribution in [-0.2, 0) is 23.4 Å². The van der Waals surface area contributed by atoms with Crippen LogP contribution >= 0.6 is 7.75 Å². The number of aromatic nitrogens is 2. The molecule has 1 aromatic carbocycles. The molecule has 3 rings (SSSR count). The zero-order valence-electron chi connectivity index (χ0n) is 21.6. The van der Waals surface area contributed by atoms with Crippen molar-refractivity contribution in [2.45, 2.75) is 71.6 Å². The van der Waals surface area contributed by atoms with Gasteiger partial charge in [0.2, 0.25) is 0 Å². The summed E-state index contributed by atoms with van der Waals surface area (Å²) >= 11 is 0. The maximum atomic E-state index is 13.8. The molecule has 0 amide bonds. The molecular weight excluding hydrogens is 503 g/mol. The van der Waals surface area contributed by atoms with E-state index in [0.717, 1.165) is 0 Å². The first-order valence-electron chi connectivity index (χ1n) is 12.0. The number of hydrogen-bond donors (Lipinski definition) is 3. The van der Waals surface area contributed by atoms with Crippen molar-refractivity contribution in [1.82, 2.24) is 14.6 Å². The second-order valence-corrected chi connectivity index (χ2v) is 11.3. The molecule has 4 N–H and O–H groups in total. The third kappa shape index (κ3) is 6.97. The highest BCUT2D eigenvalue weighted by Gasteiger charge is 2.52. The molecule has 0 saturated carbocycles. The molecule has 0 aliphatic carbocycles. The predicted molar refractivity (Wildman–Crippen MR) is 136 cm³/mol. The quantitative estimate of drug-likeness (QED) is 0.284. The Labute approximate surface area is 215 Å². The lowest BCUT2D eigenvalue weighted by molar-refractivity contribution is -0.149. The van der Waals surface area contributed by atoms with Crippen molar-refractivity contribution in [2.24, 2.45) is 5.41 Å². The lowest BCUT2D eigenvalue weighted by Gasteiger charge is -2.29. The number of hydrogen-bond acceptors (Lipinski definition) is 10. The summed E-state index contributed by atoms with van der Waals surface area (Å²) in [4.78, 5) is 28.7. The van der Waals surface area contributed by atoms with Gasteiger partial charge in [-0.2, -0.15) is 10.1 Å². The molecule has 13 heteroatoms. The molecule has 0 spiro atoms. The SMILES string of the molecule is CCC(NP(=O)(OCC1OC(n2ccc(N)nc2=O)C(C)(C)C1O)Oc1ccccc1)C(=O)OC(C)C. The molecule has 12 nitrogen and oxygen atoms in total. The molecule has 1 aliphatic rings. The minimum absolute atomic E-state index is 0.0593. The number of aliphatic hydroxyl groups is 1. The highest BCUT2D eigenvalue weighted by Crippen LogP contribution is 2.49. The third-order valence-electron chi connectivity index (χ3n) is 5.89. The monoisotopic (exact) mass is 538 g/mol. The van der Waals surface area contributed by atoms with Crippen molar-refractivity contribution in [3.63, 3.8) is 0 Å². The van der Waals surface area contributed by atoms with Gasteiger partial charge < -0.3 is 24.8 Å². The van der Waals surface area contributed by atoms with Crippen LogP contribution < -0.4 is 21.0 Å². The molecule has 204 valence electrons. The molecule has 37 heavy (non-hydrogen) atoms. The topological polar surface area (TPSA) is 164 Å². The normalized spacial score (nSPS) is 23.4. The van der Waals surface area contributed by atoms with E-state index in [1.165, 1.54) is 16.8 Å². The van der Waals surface area contributed by atoms with Crippen LogP contribution in [-0.4, -0.2) is 51.6 Å². The van der Waals surface area contributed by atoms with E-state index >= 15 is 0 Å². The minimum atomic E-state index is -4.18. The number of anilines is 1. The van der Waals surface area contributed by atoms with Gasteiger partial charge in [0.05, 0.1) is 18.8 Å². The Morgan fingerprint density at radius 3 is 2.57 bits per heavy atom. The summed E-state index contributed by atoms with van der Waals surface area (Å²) < 4.78 is 37.7. The van der Waals surface area contributed by atoms with Gasteiger partial charge in [-0.05, 0) is 38.5 Å². The van der Waals surface area contributed by atoms with Gasteiger partial charge in [0.1, 0.15) is 29.9 Å².